The molecule has 0 bridgehead atoms. The fourth-order valence-corrected chi connectivity index (χ4v) is 3.61. The molecule has 1 saturated carbocycles. The van der Waals surface area contributed by atoms with Gasteiger partial charge in [0.2, 0.25) is 0 Å². The molecule has 3 rings (SSSR count). The van der Waals surface area contributed by atoms with Crippen LogP contribution in [0.15, 0.2) is 18.2 Å². The summed E-state index contributed by atoms with van der Waals surface area (Å²) in [5.41, 5.74) is 2.74. The molecule has 1 aromatic rings. The van der Waals surface area contributed by atoms with Crippen LogP contribution >= 0.6 is 0 Å². The molecule has 1 atom stereocenters. The standard InChI is InChI=1S/C17H24O2/c1-13-9-14(2)11-16(10-13)18-12-15-5-8-17(19-15)6-3-4-7-17/h9-11,15H,3-8,12H2,1-2H3. The van der Waals surface area contributed by atoms with Crippen molar-refractivity contribution in [2.24, 2.45) is 0 Å². The lowest BCUT2D eigenvalue weighted by molar-refractivity contribution is -0.0508. The van der Waals surface area contributed by atoms with Crippen LogP contribution < -0.4 is 4.74 Å². The van der Waals surface area contributed by atoms with Crippen LogP contribution in [-0.4, -0.2) is 18.3 Å². The lowest BCUT2D eigenvalue weighted by atomic mass is 9.98. The van der Waals surface area contributed by atoms with Crippen molar-refractivity contribution in [2.45, 2.75) is 64.1 Å². The number of hydrogen-bond acceptors (Lipinski definition) is 2. The SMILES string of the molecule is Cc1cc(C)cc(OCC2CCC3(CCCC3)O2)c1. The predicted octanol–water partition coefficient (Wildman–Crippen LogP) is 4.17. The zero-order valence-electron chi connectivity index (χ0n) is 12.1. The fraction of sp³-hybridized carbons (Fsp3) is 0.647. The molecule has 0 N–H and O–H groups in total. The van der Waals surface area contributed by atoms with Gasteiger partial charge in [0.25, 0.3) is 0 Å². The normalized spacial score (nSPS) is 25.1. The van der Waals surface area contributed by atoms with Crippen LogP contribution in [0.1, 0.15) is 49.7 Å². The van der Waals surface area contributed by atoms with Gasteiger partial charge in [0.15, 0.2) is 0 Å². The van der Waals surface area contributed by atoms with Crippen LogP contribution in [0.3, 0.4) is 0 Å². The highest BCUT2D eigenvalue weighted by molar-refractivity contribution is 5.33. The number of ether oxygens (including phenoxy) is 2. The highest BCUT2D eigenvalue weighted by Crippen LogP contribution is 2.43. The van der Waals surface area contributed by atoms with Crippen molar-refractivity contribution in [1.29, 1.82) is 0 Å². The van der Waals surface area contributed by atoms with Gasteiger partial charge in [-0.15, -0.1) is 0 Å². The van der Waals surface area contributed by atoms with E-state index in [0.29, 0.717) is 12.7 Å². The smallest absolute Gasteiger partial charge is 0.119 e. The van der Waals surface area contributed by atoms with Crippen LogP contribution in [0.25, 0.3) is 0 Å². The molecule has 19 heavy (non-hydrogen) atoms. The summed E-state index contributed by atoms with van der Waals surface area (Å²) in [7, 11) is 0. The second-order valence-electron chi connectivity index (χ2n) is 6.30. The van der Waals surface area contributed by atoms with Crippen molar-refractivity contribution in [1.82, 2.24) is 0 Å². The Bertz CT molecular complexity index is 426. The molecule has 1 saturated heterocycles. The van der Waals surface area contributed by atoms with E-state index in [9.17, 15) is 0 Å². The van der Waals surface area contributed by atoms with Crippen LogP contribution in [0.4, 0.5) is 0 Å². The Kier molecular flexibility index (Phi) is 3.53. The highest BCUT2D eigenvalue weighted by atomic mass is 16.6. The minimum absolute atomic E-state index is 0.219. The van der Waals surface area contributed by atoms with Crippen LogP contribution in [0.2, 0.25) is 0 Å². The number of benzene rings is 1. The Morgan fingerprint density at radius 3 is 2.47 bits per heavy atom. The Morgan fingerprint density at radius 2 is 1.79 bits per heavy atom. The second-order valence-corrected chi connectivity index (χ2v) is 6.30. The van der Waals surface area contributed by atoms with Crippen molar-refractivity contribution in [3.63, 3.8) is 0 Å². The first-order chi connectivity index (χ1) is 9.15. The maximum Gasteiger partial charge on any atom is 0.119 e. The maximum atomic E-state index is 6.27. The molecule has 1 unspecified atom stereocenters. The van der Waals surface area contributed by atoms with E-state index < -0.39 is 0 Å². The van der Waals surface area contributed by atoms with Gasteiger partial charge in [-0.25, -0.2) is 0 Å². The molecule has 2 fully saturated rings. The molecule has 1 heterocycles. The summed E-state index contributed by atoms with van der Waals surface area (Å²) in [6.07, 6.45) is 7.87. The average Bonchev–Trinajstić information content (AvgIpc) is 2.97. The topological polar surface area (TPSA) is 18.5 Å². The molecule has 2 nitrogen and oxygen atoms in total. The monoisotopic (exact) mass is 260 g/mol. The van der Waals surface area contributed by atoms with E-state index in [0.717, 1.165) is 12.2 Å². The summed E-state index contributed by atoms with van der Waals surface area (Å²) in [5, 5.41) is 0. The zero-order valence-corrected chi connectivity index (χ0v) is 12.1. The van der Waals surface area contributed by atoms with Gasteiger partial charge in [-0.3, -0.25) is 0 Å². The first-order valence-corrected chi connectivity index (χ1v) is 7.54. The van der Waals surface area contributed by atoms with Crippen molar-refractivity contribution in [3.8, 4) is 5.75 Å². The van der Waals surface area contributed by atoms with Crippen molar-refractivity contribution in [2.75, 3.05) is 6.61 Å². The third-order valence-corrected chi connectivity index (χ3v) is 4.48. The average molecular weight is 260 g/mol. The predicted molar refractivity (Wildman–Crippen MR) is 76.7 cm³/mol. The molecule has 0 amide bonds. The van der Waals surface area contributed by atoms with E-state index in [1.807, 2.05) is 0 Å². The minimum atomic E-state index is 0.219. The van der Waals surface area contributed by atoms with Gasteiger partial charge in [0.1, 0.15) is 12.4 Å². The molecular formula is C17H24O2. The molecule has 1 spiro atoms. The summed E-state index contributed by atoms with van der Waals surface area (Å²) < 4.78 is 12.2. The quantitative estimate of drug-likeness (QED) is 0.812. The molecule has 2 heteroatoms. The number of rotatable bonds is 3. The fourth-order valence-electron chi connectivity index (χ4n) is 3.61. The van der Waals surface area contributed by atoms with Gasteiger partial charge < -0.3 is 9.47 Å². The molecule has 0 radical (unpaired) electrons. The Balaban J connectivity index is 1.55. The van der Waals surface area contributed by atoms with Gasteiger partial charge in [-0.05, 0) is 62.8 Å². The van der Waals surface area contributed by atoms with Gasteiger partial charge in [-0.1, -0.05) is 18.9 Å². The lowest BCUT2D eigenvalue weighted by Crippen LogP contribution is -2.27. The van der Waals surface area contributed by atoms with E-state index in [1.54, 1.807) is 0 Å². The van der Waals surface area contributed by atoms with Crippen molar-refractivity contribution in [3.05, 3.63) is 29.3 Å². The Morgan fingerprint density at radius 1 is 1.11 bits per heavy atom. The summed E-state index contributed by atoms with van der Waals surface area (Å²) in [5.74, 6) is 0.980. The van der Waals surface area contributed by atoms with Crippen LogP contribution in [0.5, 0.6) is 5.75 Å². The van der Waals surface area contributed by atoms with E-state index >= 15 is 0 Å². The zero-order chi connectivity index (χ0) is 13.3. The van der Waals surface area contributed by atoms with Gasteiger partial charge >= 0.3 is 0 Å². The first-order valence-electron chi connectivity index (χ1n) is 7.54. The van der Waals surface area contributed by atoms with E-state index in [2.05, 4.69) is 32.0 Å². The highest BCUT2D eigenvalue weighted by Gasteiger charge is 2.42. The summed E-state index contributed by atoms with van der Waals surface area (Å²) in [6.45, 7) is 4.92. The lowest BCUT2D eigenvalue weighted by Gasteiger charge is -2.23. The minimum Gasteiger partial charge on any atom is -0.491 e. The largest absolute Gasteiger partial charge is 0.491 e. The number of hydrogen-bond donors (Lipinski definition) is 0. The molecule has 1 aromatic carbocycles. The Hall–Kier alpha value is -1.02. The number of aryl methyl sites for hydroxylation is 2. The molecular weight excluding hydrogens is 236 g/mol. The molecule has 1 aliphatic carbocycles. The van der Waals surface area contributed by atoms with Gasteiger partial charge in [-0.2, -0.15) is 0 Å². The summed E-state index contributed by atoms with van der Waals surface area (Å²) in [4.78, 5) is 0. The van der Waals surface area contributed by atoms with Gasteiger partial charge in [0.05, 0.1) is 11.7 Å². The van der Waals surface area contributed by atoms with E-state index in [4.69, 9.17) is 9.47 Å². The third kappa shape index (κ3) is 2.94. The maximum absolute atomic E-state index is 6.27. The summed E-state index contributed by atoms with van der Waals surface area (Å²) in [6, 6.07) is 6.38. The second kappa shape index (κ2) is 5.16. The molecule has 0 aromatic heterocycles. The Labute approximate surface area is 116 Å². The third-order valence-electron chi connectivity index (χ3n) is 4.48. The van der Waals surface area contributed by atoms with Crippen molar-refractivity contribution >= 4 is 0 Å². The van der Waals surface area contributed by atoms with Crippen LogP contribution in [-0.2, 0) is 4.74 Å². The van der Waals surface area contributed by atoms with Gasteiger partial charge in [0, 0.05) is 0 Å². The van der Waals surface area contributed by atoms with E-state index in [-0.39, 0.29) is 5.60 Å². The molecule has 2 aliphatic rings. The van der Waals surface area contributed by atoms with Crippen molar-refractivity contribution < 1.29 is 9.47 Å². The first kappa shape index (κ1) is 13.0. The van der Waals surface area contributed by atoms with Crippen LogP contribution in [0, 0.1) is 13.8 Å². The summed E-state index contributed by atoms with van der Waals surface area (Å²) >= 11 is 0. The molecule has 104 valence electrons. The van der Waals surface area contributed by atoms with E-state index in [1.165, 1.54) is 43.2 Å². The molecule has 1 aliphatic heterocycles.